The number of carbonyl (C=O) groups excluding carboxylic acids is 1. The van der Waals surface area contributed by atoms with Crippen LogP contribution in [0.5, 0.6) is 0 Å². The van der Waals surface area contributed by atoms with Gasteiger partial charge in [-0.1, -0.05) is 0 Å². The number of rotatable bonds is 7. The summed E-state index contributed by atoms with van der Waals surface area (Å²) in [7, 11) is 2.88. The van der Waals surface area contributed by atoms with Crippen molar-refractivity contribution in [2.75, 3.05) is 27.4 Å². The third-order valence-corrected chi connectivity index (χ3v) is 3.67. The molecule has 1 aliphatic rings. The quantitative estimate of drug-likeness (QED) is 0.626. The Labute approximate surface area is 132 Å². The van der Waals surface area contributed by atoms with Gasteiger partial charge in [0, 0.05) is 27.0 Å². The van der Waals surface area contributed by atoms with Crippen LogP contribution in [0.4, 0.5) is 0 Å². The Kier molecular flexibility index (Phi) is 6.08. The number of nitrogens with one attached hydrogen (secondary N) is 2. The summed E-state index contributed by atoms with van der Waals surface area (Å²) < 4.78 is 16.3. The molecule has 0 aromatic carbocycles. The predicted molar refractivity (Wildman–Crippen MR) is 80.4 cm³/mol. The number of H-pyrrole nitrogens is 1. The van der Waals surface area contributed by atoms with Crippen LogP contribution in [0.25, 0.3) is 0 Å². The van der Waals surface area contributed by atoms with Gasteiger partial charge in [0.1, 0.15) is 5.56 Å². The van der Waals surface area contributed by atoms with Crippen molar-refractivity contribution in [3.63, 3.8) is 0 Å². The van der Waals surface area contributed by atoms with Gasteiger partial charge in [0.25, 0.3) is 11.5 Å². The van der Waals surface area contributed by atoms with E-state index in [2.05, 4.69) is 10.3 Å². The molecular formula is C14H21N3O6. The van der Waals surface area contributed by atoms with E-state index in [1.165, 1.54) is 14.2 Å². The van der Waals surface area contributed by atoms with Gasteiger partial charge in [-0.25, -0.2) is 4.79 Å². The van der Waals surface area contributed by atoms with Crippen molar-refractivity contribution in [1.82, 2.24) is 14.9 Å². The van der Waals surface area contributed by atoms with Crippen molar-refractivity contribution >= 4 is 5.91 Å². The van der Waals surface area contributed by atoms with Gasteiger partial charge in [-0.3, -0.25) is 14.2 Å². The SMILES string of the molecule is COC(CNC(=O)c1c[nH]c(=O)n(CC2CCCO2)c1=O)OC. The molecule has 0 radical (unpaired) electrons. The molecular weight excluding hydrogens is 306 g/mol. The molecule has 1 atom stereocenters. The number of hydrogen-bond donors (Lipinski definition) is 2. The van der Waals surface area contributed by atoms with Gasteiger partial charge >= 0.3 is 5.69 Å². The van der Waals surface area contributed by atoms with Gasteiger partial charge in [0.05, 0.1) is 19.2 Å². The molecule has 23 heavy (non-hydrogen) atoms. The van der Waals surface area contributed by atoms with E-state index in [4.69, 9.17) is 14.2 Å². The highest BCUT2D eigenvalue weighted by molar-refractivity contribution is 5.93. The number of amides is 1. The molecule has 128 valence electrons. The minimum Gasteiger partial charge on any atom is -0.376 e. The minimum atomic E-state index is -0.645. The van der Waals surface area contributed by atoms with Crippen LogP contribution in [0, 0.1) is 0 Å². The van der Waals surface area contributed by atoms with Crippen molar-refractivity contribution in [2.24, 2.45) is 0 Å². The van der Waals surface area contributed by atoms with Gasteiger partial charge in [-0.15, -0.1) is 0 Å². The lowest BCUT2D eigenvalue weighted by Gasteiger charge is -2.14. The van der Waals surface area contributed by atoms with E-state index in [1.807, 2.05) is 0 Å². The largest absolute Gasteiger partial charge is 0.376 e. The van der Waals surface area contributed by atoms with Gasteiger partial charge in [0.15, 0.2) is 6.29 Å². The lowest BCUT2D eigenvalue weighted by atomic mass is 10.2. The topological polar surface area (TPSA) is 112 Å². The van der Waals surface area contributed by atoms with E-state index in [0.29, 0.717) is 6.61 Å². The Morgan fingerprint density at radius 1 is 1.48 bits per heavy atom. The zero-order chi connectivity index (χ0) is 16.8. The second-order valence-electron chi connectivity index (χ2n) is 5.17. The Bertz CT molecular complexity index is 643. The summed E-state index contributed by atoms with van der Waals surface area (Å²) in [4.78, 5) is 38.7. The molecule has 1 aromatic rings. The molecule has 0 bridgehead atoms. The molecule has 2 heterocycles. The minimum absolute atomic E-state index is 0.0795. The fourth-order valence-electron chi connectivity index (χ4n) is 2.37. The lowest BCUT2D eigenvalue weighted by molar-refractivity contribution is -0.0974. The van der Waals surface area contributed by atoms with Gasteiger partial charge < -0.3 is 24.5 Å². The van der Waals surface area contributed by atoms with Crippen LogP contribution in [0.15, 0.2) is 15.8 Å². The van der Waals surface area contributed by atoms with Crippen LogP contribution in [0.1, 0.15) is 23.2 Å². The van der Waals surface area contributed by atoms with Crippen LogP contribution in [-0.2, 0) is 20.8 Å². The maximum atomic E-state index is 12.4. The molecule has 0 saturated carbocycles. The first-order valence-electron chi connectivity index (χ1n) is 7.34. The smallest absolute Gasteiger partial charge is 0.328 e. The van der Waals surface area contributed by atoms with Crippen molar-refractivity contribution in [3.8, 4) is 0 Å². The summed E-state index contributed by atoms with van der Waals surface area (Å²) in [5.74, 6) is -0.605. The van der Waals surface area contributed by atoms with Crippen molar-refractivity contribution in [1.29, 1.82) is 0 Å². The summed E-state index contributed by atoms with van der Waals surface area (Å²) in [6.07, 6.45) is 1.99. The fourth-order valence-corrected chi connectivity index (χ4v) is 2.37. The maximum absolute atomic E-state index is 12.4. The van der Waals surface area contributed by atoms with Gasteiger partial charge in [0.2, 0.25) is 0 Å². The number of ether oxygens (including phenoxy) is 3. The first-order valence-corrected chi connectivity index (χ1v) is 7.34. The molecule has 1 saturated heterocycles. The predicted octanol–water partition coefficient (Wildman–Crippen LogP) is -0.936. The number of methoxy groups -OCH3 is 2. The summed E-state index contributed by atoms with van der Waals surface area (Å²) >= 11 is 0. The highest BCUT2D eigenvalue weighted by atomic mass is 16.7. The van der Waals surface area contributed by atoms with Crippen LogP contribution in [-0.4, -0.2) is 55.2 Å². The van der Waals surface area contributed by atoms with E-state index in [9.17, 15) is 14.4 Å². The fraction of sp³-hybridized carbons (Fsp3) is 0.643. The standard InChI is InChI=1S/C14H21N3O6/c1-21-11(22-2)7-15-12(18)10-6-16-14(20)17(13(10)19)8-9-4-3-5-23-9/h6,9,11H,3-5,7-8H2,1-2H3,(H,15,18)(H,16,20). The average molecular weight is 327 g/mol. The summed E-state index contributed by atoms with van der Waals surface area (Å²) in [6.45, 7) is 0.830. The molecule has 1 aliphatic heterocycles. The van der Waals surface area contributed by atoms with Crippen LogP contribution < -0.4 is 16.6 Å². The van der Waals surface area contributed by atoms with E-state index < -0.39 is 23.4 Å². The Morgan fingerprint density at radius 3 is 2.83 bits per heavy atom. The first kappa shape index (κ1) is 17.4. The third-order valence-electron chi connectivity index (χ3n) is 3.67. The highest BCUT2D eigenvalue weighted by Gasteiger charge is 2.21. The zero-order valence-corrected chi connectivity index (χ0v) is 13.2. The van der Waals surface area contributed by atoms with Crippen molar-refractivity contribution in [3.05, 3.63) is 32.6 Å². The molecule has 9 heteroatoms. The van der Waals surface area contributed by atoms with Crippen LogP contribution in [0.2, 0.25) is 0 Å². The van der Waals surface area contributed by atoms with E-state index >= 15 is 0 Å². The molecule has 0 spiro atoms. The number of hydrogen-bond acceptors (Lipinski definition) is 6. The number of aromatic nitrogens is 2. The Hall–Kier alpha value is -1.97. The molecule has 1 amide bonds. The van der Waals surface area contributed by atoms with Crippen LogP contribution >= 0.6 is 0 Å². The van der Waals surface area contributed by atoms with Gasteiger partial charge in [-0.2, -0.15) is 0 Å². The monoisotopic (exact) mass is 327 g/mol. The lowest BCUT2D eigenvalue weighted by Crippen LogP contribution is -2.43. The normalized spacial score (nSPS) is 17.6. The molecule has 1 aromatic heterocycles. The molecule has 9 nitrogen and oxygen atoms in total. The van der Waals surface area contributed by atoms with Crippen molar-refractivity contribution in [2.45, 2.75) is 31.8 Å². The van der Waals surface area contributed by atoms with Crippen molar-refractivity contribution < 1.29 is 19.0 Å². The summed E-state index contributed by atoms with van der Waals surface area (Å²) in [5.41, 5.74) is -1.35. The molecule has 2 N–H and O–H groups in total. The van der Waals surface area contributed by atoms with E-state index in [-0.39, 0.29) is 24.8 Å². The Balaban J connectivity index is 2.14. The third kappa shape index (κ3) is 4.27. The second-order valence-corrected chi connectivity index (χ2v) is 5.17. The number of aromatic amines is 1. The molecule has 1 fully saturated rings. The van der Waals surface area contributed by atoms with E-state index in [0.717, 1.165) is 23.6 Å². The molecule has 1 unspecified atom stereocenters. The highest BCUT2D eigenvalue weighted by Crippen LogP contribution is 2.12. The van der Waals surface area contributed by atoms with Gasteiger partial charge in [-0.05, 0) is 12.8 Å². The Morgan fingerprint density at radius 2 is 2.22 bits per heavy atom. The molecule has 0 aliphatic carbocycles. The maximum Gasteiger partial charge on any atom is 0.328 e. The summed E-state index contributed by atoms with van der Waals surface area (Å²) in [6, 6.07) is 0. The second kappa shape index (κ2) is 8.04. The average Bonchev–Trinajstić information content (AvgIpc) is 3.05. The summed E-state index contributed by atoms with van der Waals surface area (Å²) in [5, 5.41) is 2.53. The number of nitrogens with zero attached hydrogens (tertiary/aromatic N) is 1. The van der Waals surface area contributed by atoms with Crippen LogP contribution in [0.3, 0.4) is 0 Å². The first-order chi connectivity index (χ1) is 11.1. The number of carbonyl (C=O) groups is 1. The molecule has 2 rings (SSSR count). The van der Waals surface area contributed by atoms with E-state index in [1.54, 1.807) is 0 Å². The zero-order valence-electron chi connectivity index (χ0n) is 13.2.